The molecule has 1 aliphatic carbocycles. The van der Waals surface area contributed by atoms with E-state index in [1.807, 2.05) is 43.3 Å². The summed E-state index contributed by atoms with van der Waals surface area (Å²) < 4.78 is 0. The molecule has 0 saturated heterocycles. The summed E-state index contributed by atoms with van der Waals surface area (Å²) in [5.74, 6) is 1.20. The second kappa shape index (κ2) is 6.69. The fraction of sp³-hybridized carbons (Fsp3) is 0.588. The molecule has 3 nitrogen and oxygen atoms in total. The number of nitrogens with one attached hydrogen (secondary N) is 1. The minimum absolute atomic E-state index is 0.0180. The molecule has 1 fully saturated rings. The fourth-order valence-corrected chi connectivity index (χ4v) is 3.16. The van der Waals surface area contributed by atoms with Gasteiger partial charge in [0.2, 0.25) is 0 Å². The monoisotopic (exact) mass is 308 g/mol. The van der Waals surface area contributed by atoms with E-state index in [2.05, 4.69) is 12.2 Å². The van der Waals surface area contributed by atoms with Crippen LogP contribution in [-0.4, -0.2) is 31.4 Å². The topological polar surface area (TPSA) is 32.3 Å². The SMILES string of the molecule is CC1CCC(CCl)(NC(=O)c2ccc(N(C)C)cc2)CC1. The number of anilines is 1. The van der Waals surface area contributed by atoms with Gasteiger partial charge in [-0.25, -0.2) is 0 Å². The summed E-state index contributed by atoms with van der Waals surface area (Å²) >= 11 is 6.16. The largest absolute Gasteiger partial charge is 0.378 e. The molecule has 1 saturated carbocycles. The van der Waals surface area contributed by atoms with Crippen molar-refractivity contribution in [2.45, 2.75) is 38.1 Å². The van der Waals surface area contributed by atoms with E-state index in [0.717, 1.165) is 37.3 Å². The van der Waals surface area contributed by atoms with Gasteiger partial charge in [0.1, 0.15) is 0 Å². The third kappa shape index (κ3) is 3.91. The number of benzene rings is 1. The second-order valence-corrected chi connectivity index (χ2v) is 6.76. The standard InChI is InChI=1S/C17H25ClN2O/c1-13-8-10-17(12-18,11-9-13)19-16(21)14-4-6-15(7-5-14)20(2)3/h4-7,13H,8-12H2,1-3H3,(H,19,21). The summed E-state index contributed by atoms with van der Waals surface area (Å²) in [4.78, 5) is 14.5. The van der Waals surface area contributed by atoms with Gasteiger partial charge in [0.25, 0.3) is 5.91 Å². The highest BCUT2D eigenvalue weighted by atomic mass is 35.5. The van der Waals surface area contributed by atoms with Gasteiger partial charge in [0.05, 0.1) is 5.54 Å². The Morgan fingerprint density at radius 3 is 2.33 bits per heavy atom. The second-order valence-electron chi connectivity index (χ2n) is 6.49. The van der Waals surface area contributed by atoms with Crippen molar-refractivity contribution in [1.82, 2.24) is 5.32 Å². The first-order valence-electron chi connectivity index (χ1n) is 7.62. The Morgan fingerprint density at radius 1 is 1.29 bits per heavy atom. The van der Waals surface area contributed by atoms with Gasteiger partial charge in [-0.05, 0) is 55.9 Å². The molecule has 0 atom stereocenters. The minimum Gasteiger partial charge on any atom is -0.378 e. The lowest BCUT2D eigenvalue weighted by molar-refractivity contribution is 0.0872. The first kappa shape index (κ1) is 16.2. The molecule has 21 heavy (non-hydrogen) atoms. The molecule has 1 amide bonds. The first-order valence-corrected chi connectivity index (χ1v) is 8.15. The normalized spacial score (nSPS) is 25.4. The number of carbonyl (C=O) groups is 1. The zero-order valence-corrected chi connectivity index (χ0v) is 13.9. The lowest BCUT2D eigenvalue weighted by Gasteiger charge is -2.38. The van der Waals surface area contributed by atoms with E-state index in [0.29, 0.717) is 11.4 Å². The number of carbonyl (C=O) groups excluding carboxylic acids is 1. The number of hydrogen-bond acceptors (Lipinski definition) is 2. The highest BCUT2D eigenvalue weighted by molar-refractivity contribution is 6.19. The van der Waals surface area contributed by atoms with E-state index >= 15 is 0 Å². The molecule has 4 heteroatoms. The molecular weight excluding hydrogens is 284 g/mol. The molecule has 1 N–H and O–H groups in total. The number of halogens is 1. The molecule has 0 bridgehead atoms. The lowest BCUT2D eigenvalue weighted by Crippen LogP contribution is -2.52. The lowest BCUT2D eigenvalue weighted by atomic mass is 9.78. The molecule has 0 unspecified atom stereocenters. The summed E-state index contributed by atoms with van der Waals surface area (Å²) in [6.45, 7) is 2.26. The van der Waals surface area contributed by atoms with Crippen LogP contribution < -0.4 is 10.2 Å². The predicted molar refractivity (Wildman–Crippen MR) is 89.3 cm³/mol. The number of nitrogens with zero attached hydrogens (tertiary/aromatic N) is 1. The van der Waals surface area contributed by atoms with Crippen molar-refractivity contribution in [1.29, 1.82) is 0 Å². The van der Waals surface area contributed by atoms with Crippen molar-refractivity contribution in [3.63, 3.8) is 0 Å². The molecule has 2 rings (SSSR count). The van der Waals surface area contributed by atoms with Crippen LogP contribution in [0.25, 0.3) is 0 Å². The Hall–Kier alpha value is -1.22. The highest BCUT2D eigenvalue weighted by Crippen LogP contribution is 2.33. The summed E-state index contributed by atoms with van der Waals surface area (Å²) in [7, 11) is 3.97. The minimum atomic E-state index is -0.231. The highest BCUT2D eigenvalue weighted by Gasteiger charge is 2.34. The third-order valence-corrected chi connectivity index (χ3v) is 5.02. The van der Waals surface area contributed by atoms with Gasteiger partial charge >= 0.3 is 0 Å². The summed E-state index contributed by atoms with van der Waals surface area (Å²) in [5, 5.41) is 3.18. The maximum Gasteiger partial charge on any atom is 0.251 e. The maximum absolute atomic E-state index is 12.5. The van der Waals surface area contributed by atoms with Gasteiger partial charge in [0, 0.05) is 31.2 Å². The Bertz CT molecular complexity index is 476. The van der Waals surface area contributed by atoms with Crippen molar-refractivity contribution < 1.29 is 4.79 Å². The molecule has 0 aromatic heterocycles. The van der Waals surface area contributed by atoms with Crippen LogP contribution in [-0.2, 0) is 0 Å². The number of alkyl halides is 1. The van der Waals surface area contributed by atoms with Gasteiger partial charge in [-0.15, -0.1) is 11.6 Å². The van der Waals surface area contributed by atoms with Crippen LogP contribution in [0.2, 0.25) is 0 Å². The van der Waals surface area contributed by atoms with E-state index in [4.69, 9.17) is 11.6 Å². The quantitative estimate of drug-likeness (QED) is 0.861. The molecular formula is C17H25ClN2O. The average molecular weight is 309 g/mol. The van der Waals surface area contributed by atoms with Gasteiger partial charge < -0.3 is 10.2 Å². The van der Waals surface area contributed by atoms with Crippen molar-refractivity contribution in [3.05, 3.63) is 29.8 Å². The van der Waals surface area contributed by atoms with Gasteiger partial charge in [-0.2, -0.15) is 0 Å². The van der Waals surface area contributed by atoms with Crippen molar-refractivity contribution in [2.24, 2.45) is 5.92 Å². The van der Waals surface area contributed by atoms with Crippen LogP contribution >= 0.6 is 11.6 Å². The predicted octanol–water partition coefficient (Wildman–Crippen LogP) is 3.67. The molecule has 1 aliphatic rings. The average Bonchev–Trinajstić information content (AvgIpc) is 2.50. The van der Waals surface area contributed by atoms with E-state index in [-0.39, 0.29) is 11.4 Å². The summed E-state index contributed by atoms with van der Waals surface area (Å²) in [6.07, 6.45) is 4.21. The van der Waals surface area contributed by atoms with Crippen LogP contribution in [0.1, 0.15) is 43.0 Å². The Labute approximate surface area is 132 Å². The van der Waals surface area contributed by atoms with E-state index in [1.54, 1.807) is 0 Å². The van der Waals surface area contributed by atoms with Crippen molar-refractivity contribution in [2.75, 3.05) is 24.9 Å². The van der Waals surface area contributed by atoms with E-state index in [1.165, 1.54) is 0 Å². The van der Waals surface area contributed by atoms with Crippen molar-refractivity contribution in [3.8, 4) is 0 Å². The van der Waals surface area contributed by atoms with Crippen LogP contribution in [0.15, 0.2) is 24.3 Å². The number of amides is 1. The van der Waals surface area contributed by atoms with Crippen LogP contribution in [0.3, 0.4) is 0 Å². The number of hydrogen-bond donors (Lipinski definition) is 1. The van der Waals surface area contributed by atoms with Gasteiger partial charge in [-0.3, -0.25) is 4.79 Å². The number of rotatable bonds is 4. The molecule has 1 aromatic rings. The third-order valence-electron chi connectivity index (χ3n) is 4.51. The van der Waals surface area contributed by atoms with Crippen LogP contribution in [0.5, 0.6) is 0 Å². The molecule has 0 heterocycles. The van der Waals surface area contributed by atoms with Crippen LogP contribution in [0, 0.1) is 5.92 Å². The molecule has 1 aromatic carbocycles. The Kier molecular flexibility index (Phi) is 5.15. The summed E-state index contributed by atoms with van der Waals surface area (Å²) in [6, 6.07) is 7.67. The summed E-state index contributed by atoms with van der Waals surface area (Å²) in [5.41, 5.74) is 1.56. The molecule has 0 radical (unpaired) electrons. The molecule has 0 aliphatic heterocycles. The molecule has 0 spiro atoms. The smallest absolute Gasteiger partial charge is 0.251 e. The van der Waals surface area contributed by atoms with Crippen molar-refractivity contribution >= 4 is 23.2 Å². The molecule has 116 valence electrons. The fourth-order valence-electron chi connectivity index (χ4n) is 2.83. The zero-order valence-electron chi connectivity index (χ0n) is 13.2. The Balaban J connectivity index is 2.05. The zero-order chi connectivity index (χ0) is 15.5. The van der Waals surface area contributed by atoms with E-state index in [9.17, 15) is 4.79 Å². The van der Waals surface area contributed by atoms with Crippen LogP contribution in [0.4, 0.5) is 5.69 Å². The van der Waals surface area contributed by atoms with Gasteiger partial charge in [-0.1, -0.05) is 6.92 Å². The van der Waals surface area contributed by atoms with E-state index < -0.39 is 0 Å². The van der Waals surface area contributed by atoms with Gasteiger partial charge in [0.15, 0.2) is 0 Å². The maximum atomic E-state index is 12.5. The first-order chi connectivity index (χ1) is 9.96. The Morgan fingerprint density at radius 2 is 1.86 bits per heavy atom.